The molecule has 0 fully saturated rings. The van der Waals surface area contributed by atoms with E-state index in [-0.39, 0.29) is 4.90 Å². The van der Waals surface area contributed by atoms with Gasteiger partial charge in [-0.1, -0.05) is 35.3 Å². The van der Waals surface area contributed by atoms with Crippen LogP contribution in [0.2, 0.25) is 10.0 Å². The molecule has 2 aromatic carbocycles. The molecule has 0 aromatic heterocycles. The molecule has 0 bridgehead atoms. The Balaban J connectivity index is 2.18. The Bertz CT molecular complexity index is 905. The van der Waals surface area contributed by atoms with Gasteiger partial charge in [-0.2, -0.15) is 0 Å². The van der Waals surface area contributed by atoms with E-state index in [1.165, 1.54) is 38.4 Å². The van der Waals surface area contributed by atoms with Crippen LogP contribution in [-0.4, -0.2) is 32.7 Å². The maximum atomic E-state index is 12.1. The third-order valence-electron chi connectivity index (χ3n) is 3.28. The molecular formula is C17H16Cl2N2O3S. The Kier molecular flexibility index (Phi) is 6.24. The van der Waals surface area contributed by atoms with E-state index >= 15 is 0 Å². The van der Waals surface area contributed by atoms with E-state index in [1.54, 1.807) is 30.3 Å². The second kappa shape index (κ2) is 8.01. The van der Waals surface area contributed by atoms with Gasteiger partial charge in [0.05, 0.1) is 4.90 Å². The number of hydrogen-bond donors (Lipinski definition) is 1. The predicted molar refractivity (Wildman–Crippen MR) is 101 cm³/mol. The van der Waals surface area contributed by atoms with Gasteiger partial charge in [-0.25, -0.2) is 12.7 Å². The summed E-state index contributed by atoms with van der Waals surface area (Å²) in [6.45, 7) is 0. The second-order valence-corrected chi connectivity index (χ2v) is 8.24. The minimum atomic E-state index is -3.57. The van der Waals surface area contributed by atoms with Gasteiger partial charge in [0, 0.05) is 41.5 Å². The highest BCUT2D eigenvalue weighted by Gasteiger charge is 2.17. The van der Waals surface area contributed by atoms with Crippen molar-refractivity contribution >= 4 is 50.9 Å². The molecule has 0 saturated carbocycles. The maximum Gasteiger partial charge on any atom is 0.248 e. The summed E-state index contributed by atoms with van der Waals surface area (Å²) in [5.41, 5.74) is 0.896. The molecule has 0 radical (unpaired) electrons. The Hall–Kier alpha value is -1.86. The SMILES string of the molecule is CN(C)S(=O)(=O)c1cccc(NC(=O)/C=C/c2c(Cl)cccc2Cl)c1. The first-order valence-electron chi connectivity index (χ1n) is 7.17. The monoisotopic (exact) mass is 398 g/mol. The fraction of sp³-hybridized carbons (Fsp3) is 0.118. The smallest absolute Gasteiger partial charge is 0.248 e. The molecule has 0 spiro atoms. The topological polar surface area (TPSA) is 66.5 Å². The minimum absolute atomic E-state index is 0.0911. The number of hydrogen-bond acceptors (Lipinski definition) is 3. The van der Waals surface area contributed by atoms with Crippen LogP contribution in [0.3, 0.4) is 0 Å². The van der Waals surface area contributed by atoms with Gasteiger partial charge in [0.2, 0.25) is 15.9 Å². The number of rotatable bonds is 5. The summed E-state index contributed by atoms with van der Waals surface area (Å²) in [5.74, 6) is -0.435. The highest BCUT2D eigenvalue weighted by Crippen LogP contribution is 2.25. The van der Waals surface area contributed by atoms with Crippen LogP contribution in [0.5, 0.6) is 0 Å². The normalized spacial score (nSPS) is 11.9. The summed E-state index contributed by atoms with van der Waals surface area (Å²) in [7, 11) is -0.690. The van der Waals surface area contributed by atoms with Crippen molar-refractivity contribution in [2.75, 3.05) is 19.4 Å². The van der Waals surface area contributed by atoms with Gasteiger partial charge in [0.1, 0.15) is 0 Å². The lowest BCUT2D eigenvalue weighted by molar-refractivity contribution is -0.111. The second-order valence-electron chi connectivity index (χ2n) is 5.27. The van der Waals surface area contributed by atoms with E-state index in [9.17, 15) is 13.2 Å². The van der Waals surface area contributed by atoms with Gasteiger partial charge in [-0.15, -0.1) is 0 Å². The predicted octanol–water partition coefficient (Wildman–Crippen LogP) is 3.90. The summed E-state index contributed by atoms with van der Waals surface area (Å²) in [6.07, 6.45) is 2.78. The molecule has 0 saturated heterocycles. The van der Waals surface area contributed by atoms with E-state index in [0.29, 0.717) is 21.3 Å². The van der Waals surface area contributed by atoms with E-state index < -0.39 is 15.9 Å². The first kappa shape index (κ1) is 19.5. The van der Waals surface area contributed by atoms with Gasteiger partial charge in [-0.3, -0.25) is 4.79 Å². The summed E-state index contributed by atoms with van der Waals surface area (Å²) in [5, 5.41) is 3.46. The first-order valence-corrected chi connectivity index (χ1v) is 9.37. The number of sulfonamides is 1. The third-order valence-corrected chi connectivity index (χ3v) is 5.75. The van der Waals surface area contributed by atoms with Crippen molar-refractivity contribution in [3.63, 3.8) is 0 Å². The lowest BCUT2D eigenvalue weighted by atomic mass is 10.2. The summed E-state index contributed by atoms with van der Waals surface area (Å²) >= 11 is 12.1. The molecule has 1 amide bonds. The molecule has 25 heavy (non-hydrogen) atoms. The number of anilines is 1. The van der Waals surface area contributed by atoms with Crippen LogP contribution >= 0.6 is 23.2 Å². The molecule has 2 rings (SSSR count). The Morgan fingerprint density at radius 3 is 2.28 bits per heavy atom. The molecular weight excluding hydrogens is 383 g/mol. The van der Waals surface area contributed by atoms with Crippen molar-refractivity contribution in [2.45, 2.75) is 4.90 Å². The minimum Gasteiger partial charge on any atom is -0.322 e. The molecule has 0 aliphatic rings. The van der Waals surface area contributed by atoms with Crippen molar-refractivity contribution in [3.8, 4) is 0 Å². The quantitative estimate of drug-likeness (QED) is 0.776. The lowest BCUT2D eigenvalue weighted by Crippen LogP contribution is -2.22. The van der Waals surface area contributed by atoms with Gasteiger partial charge in [0.15, 0.2) is 0 Å². The summed E-state index contributed by atoms with van der Waals surface area (Å²) in [4.78, 5) is 12.2. The van der Waals surface area contributed by atoms with Gasteiger partial charge in [0.25, 0.3) is 0 Å². The Morgan fingerprint density at radius 1 is 1.08 bits per heavy atom. The zero-order valence-corrected chi connectivity index (χ0v) is 15.9. The third kappa shape index (κ3) is 4.83. The van der Waals surface area contributed by atoms with Gasteiger partial charge in [-0.05, 0) is 36.4 Å². The van der Waals surface area contributed by atoms with Crippen LogP contribution in [-0.2, 0) is 14.8 Å². The summed E-state index contributed by atoms with van der Waals surface area (Å²) in [6, 6.07) is 11.1. The van der Waals surface area contributed by atoms with Crippen molar-refractivity contribution in [2.24, 2.45) is 0 Å². The molecule has 0 atom stereocenters. The first-order chi connectivity index (χ1) is 11.7. The fourth-order valence-electron chi connectivity index (χ4n) is 1.96. The van der Waals surface area contributed by atoms with Crippen molar-refractivity contribution in [1.29, 1.82) is 0 Å². The average molecular weight is 399 g/mol. The van der Waals surface area contributed by atoms with Gasteiger partial charge < -0.3 is 5.32 Å². The Labute approximate surface area is 156 Å². The fourth-order valence-corrected chi connectivity index (χ4v) is 3.43. The molecule has 0 heterocycles. The van der Waals surface area contributed by atoms with Crippen LogP contribution in [0.15, 0.2) is 53.4 Å². The Morgan fingerprint density at radius 2 is 1.68 bits per heavy atom. The largest absolute Gasteiger partial charge is 0.322 e. The van der Waals surface area contributed by atoms with E-state index in [4.69, 9.17) is 23.2 Å². The number of amides is 1. The molecule has 5 nitrogen and oxygen atoms in total. The average Bonchev–Trinajstić information content (AvgIpc) is 2.54. The summed E-state index contributed by atoms with van der Waals surface area (Å²) < 4.78 is 25.4. The molecule has 2 aromatic rings. The molecule has 132 valence electrons. The molecule has 0 unspecified atom stereocenters. The van der Waals surface area contributed by atoms with Crippen molar-refractivity contribution in [3.05, 3.63) is 64.1 Å². The van der Waals surface area contributed by atoms with E-state index in [1.807, 2.05) is 0 Å². The molecule has 1 N–H and O–H groups in total. The van der Waals surface area contributed by atoms with Crippen LogP contribution in [0, 0.1) is 0 Å². The number of carbonyl (C=O) groups excluding carboxylic acids is 1. The highest BCUT2D eigenvalue weighted by atomic mass is 35.5. The van der Waals surface area contributed by atoms with Crippen LogP contribution < -0.4 is 5.32 Å². The standard InChI is InChI=1S/C17H16Cl2N2O3S/c1-21(2)25(23,24)13-6-3-5-12(11-13)20-17(22)10-9-14-15(18)7-4-8-16(14)19/h3-11H,1-2H3,(H,20,22)/b10-9+. The zero-order chi connectivity index (χ0) is 18.6. The molecule has 0 aliphatic heterocycles. The number of nitrogens with one attached hydrogen (secondary N) is 1. The lowest BCUT2D eigenvalue weighted by Gasteiger charge is -2.12. The van der Waals surface area contributed by atoms with Gasteiger partial charge >= 0.3 is 0 Å². The number of benzene rings is 2. The van der Waals surface area contributed by atoms with Crippen LogP contribution in [0.1, 0.15) is 5.56 Å². The van der Waals surface area contributed by atoms with E-state index in [2.05, 4.69) is 5.32 Å². The maximum absolute atomic E-state index is 12.1. The van der Waals surface area contributed by atoms with E-state index in [0.717, 1.165) is 4.31 Å². The number of carbonyl (C=O) groups is 1. The molecule has 0 aliphatic carbocycles. The van der Waals surface area contributed by atoms with Crippen molar-refractivity contribution in [1.82, 2.24) is 4.31 Å². The van der Waals surface area contributed by atoms with Crippen LogP contribution in [0.25, 0.3) is 6.08 Å². The number of nitrogens with zero attached hydrogens (tertiary/aromatic N) is 1. The van der Waals surface area contributed by atoms with Crippen LogP contribution in [0.4, 0.5) is 5.69 Å². The molecule has 8 heteroatoms. The highest BCUT2D eigenvalue weighted by molar-refractivity contribution is 7.89. The zero-order valence-electron chi connectivity index (χ0n) is 13.5. The number of halogens is 2. The van der Waals surface area contributed by atoms with Crippen molar-refractivity contribution < 1.29 is 13.2 Å².